The van der Waals surface area contributed by atoms with Crippen molar-refractivity contribution < 1.29 is 40.5 Å². The molecule has 6 aromatic rings. The first-order valence-electron chi connectivity index (χ1n) is 26.4. The third-order valence-electron chi connectivity index (χ3n) is 12.9. The molecule has 7 rings (SSSR count). The highest BCUT2D eigenvalue weighted by Gasteiger charge is 2.22. The maximum atomic E-state index is 12.3. The third-order valence-corrected chi connectivity index (χ3v) is 12.9. The van der Waals surface area contributed by atoms with Crippen LogP contribution in [0.4, 0.5) is 35.3 Å². The number of anilines is 6. The quantitative estimate of drug-likeness (QED) is 0.00939. The molecule has 24 N–H and O–H groups in total. The van der Waals surface area contributed by atoms with Crippen LogP contribution >= 0.6 is 0 Å². The average Bonchev–Trinajstić information content (AvgIpc) is 3.18. The second-order valence-electron chi connectivity index (χ2n) is 18.7. The standard InChI is InChI=1S/C16H20N8O4.C16H26N8O3.C15H24N10O4.CH4.3CH3/c1-18-15-22-12-10(13(25)23-15)11(17)21-16(28)24(12)6-5-20-9(14(26)27)7-8-3-2-4-19-8;1-9(25)10(5-3-4-6-17)20-7-8-24-13-11(12(18)21-16(24)27)14(26)23-15(19-2)22-13;1-19-14-23-10-8(11(26)24-14)9(16)22-15(29)25(10)6-5-20-7(12(27)28)3-2-4-21-13(17)18;;;;/h3-4,9,20H,2,5-7H2,1H3,(H,26,27)(H2,17,21,28)(H2,18,22,23,25);10,20H,3-8,17H2,1-2H3,(H2,18,21,27)(H2,19,22,23,26);7,20H,2-6H2,1H3,(H,27,28)(H2,16,22,29)(H4,17,18,21)(H2,19,23,24,26);1H4;3*1H3/q;;;;3*-1/p+1. The number of carbonyl (C=O) groups excluding carboxylic acids is 3. The summed E-state index contributed by atoms with van der Waals surface area (Å²) >= 11 is 0. The van der Waals surface area contributed by atoms with Crippen LogP contribution in [0.1, 0.15) is 59.3 Å². The molecule has 0 spiro atoms. The summed E-state index contributed by atoms with van der Waals surface area (Å²) in [5, 5.41) is 35.9. The van der Waals surface area contributed by atoms with Crippen LogP contribution in [0.3, 0.4) is 0 Å². The maximum Gasteiger partial charge on any atom is 0.351 e. The molecule has 7 heterocycles. The van der Waals surface area contributed by atoms with Gasteiger partial charge in [-0.15, -0.1) is 0 Å². The van der Waals surface area contributed by atoms with Gasteiger partial charge in [0.1, 0.15) is 51.7 Å². The average molecular weight is 1240 g/mol. The van der Waals surface area contributed by atoms with Gasteiger partial charge in [-0.2, -0.15) is 29.9 Å². The summed E-state index contributed by atoms with van der Waals surface area (Å²) in [6, 6.07) is -1.89. The summed E-state index contributed by atoms with van der Waals surface area (Å²) in [7, 11) is 4.72. The van der Waals surface area contributed by atoms with Crippen molar-refractivity contribution >= 4 is 98.3 Å². The Labute approximate surface area is 503 Å². The summed E-state index contributed by atoms with van der Waals surface area (Å²) < 4.78 is 3.66. The van der Waals surface area contributed by atoms with E-state index in [0.717, 1.165) is 19.3 Å². The molecular formula is C51H84N26O11-2. The number of guanidine groups is 1. The van der Waals surface area contributed by atoms with E-state index in [-0.39, 0.29) is 161 Å². The number of aromatic amines is 3. The smallest absolute Gasteiger partial charge is 0.351 e. The number of nitrogens with one attached hydrogen (secondary N) is 6. The number of nitrogen functional groups attached to an aromatic ring is 3. The Bertz CT molecular complexity index is 3810. The lowest BCUT2D eigenvalue weighted by Gasteiger charge is -2.17. The fourth-order valence-electron chi connectivity index (χ4n) is 8.65. The van der Waals surface area contributed by atoms with Crippen molar-refractivity contribution in [3.05, 3.63) is 96.6 Å². The number of H-pyrrole nitrogens is 3. The van der Waals surface area contributed by atoms with Gasteiger partial charge in [-0.1, -0.05) is 13.5 Å². The van der Waals surface area contributed by atoms with Crippen LogP contribution < -0.4 is 110 Å². The third kappa shape index (κ3) is 20.3. The topological polar surface area (TPSA) is 606 Å². The number of aliphatic carboxylic acids is 2. The highest BCUT2D eigenvalue weighted by atomic mass is 16.4. The minimum absolute atomic E-state index is 0. The van der Waals surface area contributed by atoms with E-state index in [4.69, 9.17) is 34.4 Å². The van der Waals surface area contributed by atoms with Gasteiger partial charge in [-0.25, -0.2) is 14.4 Å². The molecule has 486 valence electrons. The number of Topliss-reactive ketones (excluding diaryl/α,β-unsaturated/α-hetero) is 1. The van der Waals surface area contributed by atoms with E-state index < -0.39 is 57.8 Å². The molecule has 37 heteroatoms. The molecule has 1 aliphatic heterocycles. The molecule has 3 atom stereocenters. The van der Waals surface area contributed by atoms with E-state index >= 15 is 0 Å². The van der Waals surface area contributed by atoms with E-state index in [1.54, 1.807) is 39.6 Å². The molecule has 88 heavy (non-hydrogen) atoms. The van der Waals surface area contributed by atoms with Crippen molar-refractivity contribution in [2.75, 3.05) is 87.0 Å². The lowest BCUT2D eigenvalue weighted by molar-refractivity contribution is -0.684. The van der Waals surface area contributed by atoms with E-state index in [1.165, 1.54) is 19.0 Å². The number of unbranched alkanes of at least 4 members (excludes halogenated alkanes) is 1. The number of carboxylic acid groups (broad SMARTS) is 2. The highest BCUT2D eigenvalue weighted by molar-refractivity contribution is 5.87. The summed E-state index contributed by atoms with van der Waals surface area (Å²) in [4.78, 5) is 147. The minimum atomic E-state index is -1.24. The van der Waals surface area contributed by atoms with Crippen LogP contribution in [0.25, 0.3) is 33.1 Å². The number of aliphatic imine (C=N–C) groups is 2. The van der Waals surface area contributed by atoms with Gasteiger partial charge in [0.2, 0.25) is 17.8 Å². The number of rotatable bonds is 28. The first-order chi connectivity index (χ1) is 40.0. The number of fused-ring (bicyclic) bond motifs is 3. The number of ketones is 1. The number of quaternary nitrogens is 3. The second-order valence-corrected chi connectivity index (χ2v) is 18.7. The van der Waals surface area contributed by atoms with Crippen molar-refractivity contribution in [2.45, 2.75) is 97.1 Å². The number of nitrogens with zero attached hydrogens (tertiary/aromatic N) is 11. The molecule has 0 aromatic carbocycles. The van der Waals surface area contributed by atoms with E-state index in [2.05, 4.69) is 70.8 Å². The van der Waals surface area contributed by atoms with Crippen LogP contribution in [-0.2, 0) is 34.0 Å². The molecule has 0 amide bonds. The number of carbonyl (C=O) groups is 3. The Hall–Kier alpha value is -10.0. The number of aromatic nitrogens is 12. The monoisotopic (exact) mass is 1240 g/mol. The summed E-state index contributed by atoms with van der Waals surface area (Å²) in [5.41, 5.74) is 30.6. The predicted octanol–water partition coefficient (Wildman–Crippen LogP) is -8.89. The molecule has 0 fully saturated rings. The Morgan fingerprint density at radius 1 is 0.614 bits per heavy atom. The summed E-state index contributed by atoms with van der Waals surface area (Å²) in [5.74, 6) is -2.51. The Kier molecular flexibility index (Phi) is 31.2. The van der Waals surface area contributed by atoms with Crippen LogP contribution in [-0.4, -0.2) is 160 Å². The fraction of sp³-hybridized carbons (Fsp3) is 0.451. The zero-order valence-electron chi connectivity index (χ0n) is 49.6. The molecule has 0 radical (unpaired) electrons. The van der Waals surface area contributed by atoms with Gasteiger partial charge in [-0.05, 0) is 25.8 Å². The predicted molar refractivity (Wildman–Crippen MR) is 332 cm³/mol. The maximum absolute atomic E-state index is 12.3. The van der Waals surface area contributed by atoms with Crippen molar-refractivity contribution in [3.63, 3.8) is 0 Å². The minimum Gasteiger partial charge on any atom is -0.544 e. The molecule has 0 saturated carbocycles. The number of carboxylic acids is 2. The Morgan fingerprint density at radius 2 is 0.989 bits per heavy atom. The van der Waals surface area contributed by atoms with Crippen molar-refractivity contribution in [1.29, 1.82) is 0 Å². The van der Waals surface area contributed by atoms with Gasteiger partial charge in [0.25, 0.3) is 16.7 Å². The molecule has 0 saturated heterocycles. The first-order valence-corrected chi connectivity index (χ1v) is 26.4. The van der Waals surface area contributed by atoms with Crippen LogP contribution in [0.15, 0.2) is 50.5 Å². The van der Waals surface area contributed by atoms with Gasteiger partial charge in [0, 0.05) is 72.2 Å². The number of hydrogen-bond donors (Lipinski definition) is 15. The molecule has 1 aliphatic rings. The normalized spacial score (nSPS) is 12.2. The van der Waals surface area contributed by atoms with Crippen molar-refractivity contribution in [3.8, 4) is 0 Å². The van der Waals surface area contributed by atoms with Crippen LogP contribution in [0.2, 0.25) is 0 Å². The molecule has 6 aromatic heterocycles. The van der Waals surface area contributed by atoms with Gasteiger partial charge in [-0.3, -0.25) is 57.8 Å². The number of nitrogens with two attached hydrogens (primary N) is 9. The van der Waals surface area contributed by atoms with Crippen LogP contribution in [0, 0.1) is 22.3 Å². The largest absolute Gasteiger partial charge is 0.544 e. The Morgan fingerprint density at radius 3 is 1.32 bits per heavy atom. The second kappa shape index (κ2) is 36.1. The lowest BCUT2D eigenvalue weighted by atomic mass is 10.1. The zero-order valence-corrected chi connectivity index (χ0v) is 49.6. The SMILES string of the molecule is C.CNc1nc2c(c(N)nc(=O)n2CC[NH2+]C(CC2=CCC=N2)C(=O)[O-])c(=O)[nH]1.CNc1nc2c(c(N)nc(=O)n2CC[NH2+]C(CCCCN)C(C)=O)c(=O)[nH]1.CNc1nc2c(c(N)nc(=O)n2CC[NH2+]C(CCCN=C(N)N)C(=O)[O-])c(=O)[nH]1.[CH3-].[CH3-].[CH3-]. The van der Waals surface area contributed by atoms with Gasteiger partial charge >= 0.3 is 17.1 Å². The highest BCUT2D eigenvalue weighted by Crippen LogP contribution is 2.15. The van der Waals surface area contributed by atoms with Gasteiger partial charge < -0.3 is 108 Å². The van der Waals surface area contributed by atoms with Gasteiger partial charge in [0.05, 0.1) is 51.2 Å². The van der Waals surface area contributed by atoms with Crippen LogP contribution in [0.5, 0.6) is 0 Å². The fourth-order valence-corrected chi connectivity index (χ4v) is 8.65. The Balaban J connectivity index is 0.000000646. The first kappa shape index (κ1) is 76.0. The zero-order chi connectivity index (χ0) is 61.8. The number of hydrogen-bond acceptors (Lipinski definition) is 26. The lowest BCUT2D eigenvalue weighted by Crippen LogP contribution is -2.93. The molecule has 0 bridgehead atoms. The van der Waals surface area contributed by atoms with E-state index in [0.29, 0.717) is 38.2 Å². The van der Waals surface area contributed by atoms with Crippen molar-refractivity contribution in [1.82, 2.24) is 58.6 Å². The van der Waals surface area contributed by atoms with Crippen molar-refractivity contribution in [2.24, 2.45) is 27.2 Å². The molecule has 0 aliphatic carbocycles. The summed E-state index contributed by atoms with van der Waals surface area (Å²) in [6.45, 7) is 3.69. The van der Waals surface area contributed by atoms with E-state index in [9.17, 15) is 53.4 Å². The molecule has 37 nitrogen and oxygen atoms in total. The molecular weight excluding hydrogens is 1150 g/mol. The number of allylic oxidation sites excluding steroid dienone is 1. The summed E-state index contributed by atoms with van der Waals surface area (Å²) in [6.07, 6.45) is 7.63. The van der Waals surface area contributed by atoms with E-state index in [1.807, 2.05) is 11.4 Å². The van der Waals surface area contributed by atoms with Gasteiger partial charge in [0.15, 0.2) is 28.7 Å². The molecule has 3 unspecified atom stereocenters.